The minimum absolute atomic E-state index is 0.0673. The number of fused-ring (bicyclic) bond motifs is 1. The van der Waals surface area contributed by atoms with Crippen molar-refractivity contribution in [2.24, 2.45) is 0 Å². The van der Waals surface area contributed by atoms with E-state index in [1.54, 1.807) is 0 Å². The van der Waals surface area contributed by atoms with Crippen LogP contribution in [-0.2, 0) is 9.47 Å². The molecular weight excluding hydrogens is 202 g/mol. The number of hydrogen-bond acceptors (Lipinski definition) is 3. The standard InChI is InChI=1S/C13H23NO2/c1-11(2)16-10-13-7-12(3)8-14(13)5-4-6-15-9-13/h11H,3-10H2,1-2H3/t13-/m1/s1. The molecule has 3 heteroatoms. The Labute approximate surface area is 98.4 Å². The van der Waals surface area contributed by atoms with E-state index in [-0.39, 0.29) is 11.6 Å². The first-order valence-corrected chi connectivity index (χ1v) is 6.23. The van der Waals surface area contributed by atoms with Crippen LogP contribution in [0.2, 0.25) is 0 Å². The monoisotopic (exact) mass is 225 g/mol. The molecule has 2 heterocycles. The van der Waals surface area contributed by atoms with Crippen molar-refractivity contribution < 1.29 is 9.47 Å². The molecule has 0 aromatic heterocycles. The van der Waals surface area contributed by atoms with E-state index in [2.05, 4.69) is 25.3 Å². The fourth-order valence-electron chi connectivity index (χ4n) is 2.65. The maximum Gasteiger partial charge on any atom is 0.0719 e. The van der Waals surface area contributed by atoms with Crippen molar-refractivity contribution >= 4 is 0 Å². The maximum absolute atomic E-state index is 5.83. The van der Waals surface area contributed by atoms with Crippen LogP contribution in [0.25, 0.3) is 0 Å². The van der Waals surface area contributed by atoms with Crippen LogP contribution in [0, 0.1) is 0 Å². The average Bonchev–Trinajstić information content (AvgIpc) is 2.40. The quantitative estimate of drug-likeness (QED) is 0.684. The minimum Gasteiger partial charge on any atom is -0.379 e. The van der Waals surface area contributed by atoms with Crippen LogP contribution in [0.1, 0.15) is 26.7 Å². The zero-order chi connectivity index (χ0) is 11.6. The minimum atomic E-state index is 0.0673. The summed E-state index contributed by atoms with van der Waals surface area (Å²) in [6.45, 7) is 12.9. The third kappa shape index (κ3) is 2.47. The van der Waals surface area contributed by atoms with E-state index in [1.807, 2.05) is 0 Å². The lowest BCUT2D eigenvalue weighted by atomic mass is 9.97. The lowest BCUT2D eigenvalue weighted by Gasteiger charge is -2.36. The molecule has 0 N–H and O–H groups in total. The van der Waals surface area contributed by atoms with Gasteiger partial charge in [0.1, 0.15) is 0 Å². The fraction of sp³-hybridized carbons (Fsp3) is 0.846. The summed E-state index contributed by atoms with van der Waals surface area (Å²) in [5.41, 5.74) is 1.38. The Morgan fingerprint density at radius 3 is 3.12 bits per heavy atom. The second-order valence-electron chi connectivity index (χ2n) is 5.34. The topological polar surface area (TPSA) is 21.7 Å². The highest BCUT2D eigenvalue weighted by atomic mass is 16.5. The molecule has 0 bridgehead atoms. The molecule has 0 saturated carbocycles. The van der Waals surface area contributed by atoms with Gasteiger partial charge in [0.15, 0.2) is 0 Å². The number of hydrogen-bond donors (Lipinski definition) is 0. The van der Waals surface area contributed by atoms with Crippen LogP contribution in [0.3, 0.4) is 0 Å². The van der Waals surface area contributed by atoms with E-state index in [0.29, 0.717) is 0 Å². The van der Waals surface area contributed by atoms with Gasteiger partial charge in [-0.1, -0.05) is 12.2 Å². The van der Waals surface area contributed by atoms with Crippen LogP contribution in [-0.4, -0.2) is 49.5 Å². The van der Waals surface area contributed by atoms with Gasteiger partial charge in [-0.15, -0.1) is 0 Å². The number of ether oxygens (including phenoxy) is 2. The summed E-state index contributed by atoms with van der Waals surface area (Å²) in [5, 5.41) is 0. The molecule has 0 aliphatic carbocycles. The molecule has 0 spiro atoms. The molecule has 2 rings (SSSR count). The second kappa shape index (κ2) is 4.86. The third-order valence-corrected chi connectivity index (χ3v) is 3.44. The molecule has 0 aromatic rings. The highest BCUT2D eigenvalue weighted by Gasteiger charge is 2.44. The molecule has 16 heavy (non-hydrogen) atoms. The highest BCUT2D eigenvalue weighted by molar-refractivity contribution is 5.16. The van der Waals surface area contributed by atoms with E-state index in [1.165, 1.54) is 5.57 Å². The van der Waals surface area contributed by atoms with Crippen LogP contribution < -0.4 is 0 Å². The van der Waals surface area contributed by atoms with Crippen molar-refractivity contribution in [3.8, 4) is 0 Å². The molecule has 1 atom stereocenters. The van der Waals surface area contributed by atoms with Crippen LogP contribution in [0.5, 0.6) is 0 Å². The maximum atomic E-state index is 5.83. The fourth-order valence-corrected chi connectivity index (χ4v) is 2.65. The summed E-state index contributed by atoms with van der Waals surface area (Å²) < 4.78 is 11.6. The number of rotatable bonds is 3. The smallest absolute Gasteiger partial charge is 0.0719 e. The SMILES string of the molecule is C=C1CN2CCCOC[C@@]2(COC(C)C)C1. The van der Waals surface area contributed by atoms with Gasteiger partial charge in [0, 0.05) is 19.7 Å². The van der Waals surface area contributed by atoms with E-state index in [0.717, 1.165) is 45.8 Å². The van der Waals surface area contributed by atoms with Crippen LogP contribution >= 0.6 is 0 Å². The van der Waals surface area contributed by atoms with Crippen LogP contribution in [0.15, 0.2) is 12.2 Å². The van der Waals surface area contributed by atoms with Crippen molar-refractivity contribution in [1.82, 2.24) is 4.90 Å². The first-order valence-electron chi connectivity index (χ1n) is 6.23. The summed E-state index contributed by atoms with van der Waals surface area (Å²) in [6.07, 6.45) is 2.43. The molecule has 2 aliphatic rings. The summed E-state index contributed by atoms with van der Waals surface area (Å²) in [4.78, 5) is 2.50. The normalized spacial score (nSPS) is 31.8. The van der Waals surface area contributed by atoms with Crippen molar-refractivity contribution in [3.63, 3.8) is 0 Å². The largest absolute Gasteiger partial charge is 0.379 e. The van der Waals surface area contributed by atoms with Crippen molar-refractivity contribution in [2.75, 3.05) is 32.9 Å². The van der Waals surface area contributed by atoms with E-state index in [4.69, 9.17) is 9.47 Å². The Balaban J connectivity index is 2.07. The van der Waals surface area contributed by atoms with Gasteiger partial charge in [0.05, 0.1) is 24.9 Å². The molecule has 0 radical (unpaired) electrons. The zero-order valence-corrected chi connectivity index (χ0v) is 10.5. The van der Waals surface area contributed by atoms with Gasteiger partial charge >= 0.3 is 0 Å². The Morgan fingerprint density at radius 2 is 2.38 bits per heavy atom. The summed E-state index contributed by atoms with van der Waals surface area (Å²) in [7, 11) is 0. The van der Waals surface area contributed by atoms with Crippen molar-refractivity contribution in [1.29, 1.82) is 0 Å². The molecule has 92 valence electrons. The van der Waals surface area contributed by atoms with E-state index < -0.39 is 0 Å². The van der Waals surface area contributed by atoms with Gasteiger partial charge < -0.3 is 9.47 Å². The zero-order valence-electron chi connectivity index (χ0n) is 10.5. The lowest BCUT2D eigenvalue weighted by Crippen LogP contribution is -2.50. The third-order valence-electron chi connectivity index (χ3n) is 3.44. The highest BCUT2D eigenvalue weighted by Crippen LogP contribution is 2.34. The van der Waals surface area contributed by atoms with E-state index in [9.17, 15) is 0 Å². The molecule has 0 amide bonds. The predicted octanol–water partition coefficient (Wildman–Crippen LogP) is 1.83. The first-order chi connectivity index (χ1) is 7.62. The Hall–Kier alpha value is -0.380. The molecule has 0 aromatic carbocycles. The van der Waals surface area contributed by atoms with Crippen LogP contribution in [0.4, 0.5) is 0 Å². The predicted molar refractivity (Wildman–Crippen MR) is 64.6 cm³/mol. The average molecular weight is 225 g/mol. The Morgan fingerprint density at radius 1 is 1.56 bits per heavy atom. The van der Waals surface area contributed by atoms with Gasteiger partial charge in [-0.3, -0.25) is 4.90 Å². The van der Waals surface area contributed by atoms with Gasteiger partial charge in [-0.25, -0.2) is 0 Å². The summed E-state index contributed by atoms with van der Waals surface area (Å²) in [6, 6.07) is 0. The molecular formula is C13H23NO2. The molecule has 2 aliphatic heterocycles. The Kier molecular flexibility index (Phi) is 3.67. The molecule has 0 unspecified atom stereocenters. The summed E-state index contributed by atoms with van der Waals surface area (Å²) in [5.74, 6) is 0. The van der Waals surface area contributed by atoms with Crippen molar-refractivity contribution in [3.05, 3.63) is 12.2 Å². The molecule has 3 nitrogen and oxygen atoms in total. The molecule has 2 fully saturated rings. The van der Waals surface area contributed by atoms with E-state index >= 15 is 0 Å². The van der Waals surface area contributed by atoms with Gasteiger partial charge in [0.2, 0.25) is 0 Å². The van der Waals surface area contributed by atoms with Gasteiger partial charge in [0.25, 0.3) is 0 Å². The van der Waals surface area contributed by atoms with Crippen molar-refractivity contribution in [2.45, 2.75) is 38.3 Å². The van der Waals surface area contributed by atoms with Gasteiger partial charge in [-0.05, 0) is 26.7 Å². The number of nitrogens with zero attached hydrogens (tertiary/aromatic N) is 1. The summed E-state index contributed by atoms with van der Waals surface area (Å²) >= 11 is 0. The lowest BCUT2D eigenvalue weighted by molar-refractivity contribution is -0.0392. The molecule has 2 saturated heterocycles. The first kappa shape index (κ1) is 12.1. The Bertz CT molecular complexity index is 265. The second-order valence-corrected chi connectivity index (χ2v) is 5.34. The van der Waals surface area contributed by atoms with Gasteiger partial charge in [-0.2, -0.15) is 0 Å².